The van der Waals surface area contributed by atoms with Gasteiger partial charge in [-0.25, -0.2) is 4.98 Å². The number of furan rings is 1. The molecule has 32 heavy (non-hydrogen) atoms. The van der Waals surface area contributed by atoms with Crippen molar-refractivity contribution in [1.82, 2.24) is 14.5 Å². The van der Waals surface area contributed by atoms with Gasteiger partial charge in [0.2, 0.25) is 5.91 Å². The number of thiophene rings is 1. The maximum absolute atomic E-state index is 13.7. The van der Waals surface area contributed by atoms with Crippen LogP contribution in [0.5, 0.6) is 0 Å². The molecular formula is C24H23N3O3S2. The Morgan fingerprint density at radius 2 is 1.91 bits per heavy atom. The van der Waals surface area contributed by atoms with Gasteiger partial charge in [0, 0.05) is 24.0 Å². The summed E-state index contributed by atoms with van der Waals surface area (Å²) in [7, 11) is 0. The molecule has 3 aromatic heterocycles. The molecule has 4 aromatic rings. The van der Waals surface area contributed by atoms with E-state index in [1.54, 1.807) is 4.57 Å². The molecule has 1 aliphatic rings. The number of likely N-dealkylation sites (tertiary alicyclic amines) is 1. The zero-order valence-corrected chi connectivity index (χ0v) is 19.4. The highest BCUT2D eigenvalue weighted by atomic mass is 32.2. The molecule has 0 aliphatic carbocycles. The lowest BCUT2D eigenvalue weighted by Gasteiger charge is -2.26. The molecule has 0 atom stereocenters. The van der Waals surface area contributed by atoms with E-state index < -0.39 is 0 Å². The molecule has 0 saturated carbocycles. The van der Waals surface area contributed by atoms with Crippen molar-refractivity contribution < 1.29 is 9.21 Å². The van der Waals surface area contributed by atoms with Crippen LogP contribution < -0.4 is 5.56 Å². The van der Waals surface area contributed by atoms with Crippen LogP contribution in [-0.4, -0.2) is 39.2 Å². The molecule has 0 unspecified atom stereocenters. The van der Waals surface area contributed by atoms with Crippen molar-refractivity contribution in [2.45, 2.75) is 31.3 Å². The van der Waals surface area contributed by atoms with E-state index in [4.69, 9.17) is 9.40 Å². The van der Waals surface area contributed by atoms with Crippen LogP contribution in [0.2, 0.25) is 0 Å². The second-order valence-corrected chi connectivity index (χ2v) is 9.64. The topological polar surface area (TPSA) is 68.3 Å². The largest absolute Gasteiger partial charge is 0.461 e. The number of fused-ring (bicyclic) bond motifs is 1. The molecule has 6 nitrogen and oxygen atoms in total. The van der Waals surface area contributed by atoms with Gasteiger partial charge >= 0.3 is 0 Å². The third-order valence-electron chi connectivity index (χ3n) is 5.63. The summed E-state index contributed by atoms with van der Waals surface area (Å²) in [5.74, 6) is 1.81. The number of carbonyl (C=O) groups is 1. The summed E-state index contributed by atoms with van der Waals surface area (Å²) in [4.78, 5) is 33.9. The number of hydrogen-bond donors (Lipinski definition) is 0. The quantitative estimate of drug-likeness (QED) is 0.302. The van der Waals surface area contributed by atoms with Gasteiger partial charge in [-0.3, -0.25) is 14.2 Å². The van der Waals surface area contributed by atoms with Crippen molar-refractivity contribution in [3.63, 3.8) is 0 Å². The van der Waals surface area contributed by atoms with Gasteiger partial charge in [0.15, 0.2) is 5.16 Å². The first-order chi connectivity index (χ1) is 15.6. The summed E-state index contributed by atoms with van der Waals surface area (Å²) < 4.78 is 7.40. The predicted octanol–water partition coefficient (Wildman–Crippen LogP) is 5.12. The van der Waals surface area contributed by atoms with Crippen molar-refractivity contribution in [2.75, 3.05) is 18.8 Å². The fourth-order valence-electron chi connectivity index (χ4n) is 4.00. The Bertz CT molecular complexity index is 1320. The number of rotatable bonds is 5. The summed E-state index contributed by atoms with van der Waals surface area (Å²) in [5.41, 5.74) is 1.33. The molecular weight excluding hydrogens is 442 g/mol. The number of aromatic nitrogens is 2. The molecule has 164 valence electrons. The Balaban J connectivity index is 1.57. The Morgan fingerprint density at radius 1 is 1.12 bits per heavy atom. The monoisotopic (exact) mass is 465 g/mol. The van der Waals surface area contributed by atoms with E-state index in [-0.39, 0.29) is 17.2 Å². The van der Waals surface area contributed by atoms with Crippen molar-refractivity contribution in [3.8, 4) is 17.0 Å². The fraction of sp³-hybridized carbons (Fsp3) is 0.292. The van der Waals surface area contributed by atoms with Gasteiger partial charge in [-0.1, -0.05) is 30.0 Å². The Morgan fingerprint density at radius 3 is 2.62 bits per heavy atom. The first-order valence-electron chi connectivity index (χ1n) is 10.7. The summed E-state index contributed by atoms with van der Waals surface area (Å²) >= 11 is 2.75. The lowest BCUT2D eigenvalue weighted by Crippen LogP contribution is -2.36. The van der Waals surface area contributed by atoms with Gasteiger partial charge in [-0.15, -0.1) is 11.3 Å². The first-order valence-corrected chi connectivity index (χ1v) is 12.6. The zero-order valence-electron chi connectivity index (χ0n) is 17.7. The van der Waals surface area contributed by atoms with Crippen molar-refractivity contribution in [1.29, 1.82) is 0 Å². The van der Waals surface area contributed by atoms with Gasteiger partial charge in [0.1, 0.15) is 16.4 Å². The Kier molecular flexibility index (Phi) is 5.89. The van der Waals surface area contributed by atoms with Gasteiger partial charge in [-0.2, -0.15) is 0 Å². The second kappa shape index (κ2) is 8.96. The second-order valence-electron chi connectivity index (χ2n) is 7.84. The van der Waals surface area contributed by atoms with Gasteiger partial charge in [0.05, 0.1) is 16.8 Å². The third-order valence-corrected chi connectivity index (χ3v) is 7.43. The average Bonchev–Trinajstić information content (AvgIpc) is 3.45. The fourth-order valence-corrected chi connectivity index (χ4v) is 5.88. The van der Waals surface area contributed by atoms with E-state index in [1.807, 2.05) is 59.7 Å². The molecule has 4 heterocycles. The highest BCUT2D eigenvalue weighted by Gasteiger charge is 2.22. The van der Waals surface area contributed by atoms with Crippen LogP contribution in [-0.2, 0) is 4.79 Å². The van der Waals surface area contributed by atoms with Crippen molar-refractivity contribution in [3.05, 3.63) is 64.0 Å². The first kappa shape index (κ1) is 21.0. The number of nitrogens with zero attached hydrogens (tertiary/aromatic N) is 3. The molecule has 0 bridgehead atoms. The summed E-state index contributed by atoms with van der Waals surface area (Å²) in [6.07, 6.45) is 3.29. The highest BCUT2D eigenvalue weighted by Crippen LogP contribution is 2.34. The maximum Gasteiger partial charge on any atom is 0.268 e. The lowest BCUT2D eigenvalue weighted by molar-refractivity contribution is -0.129. The molecule has 1 aliphatic heterocycles. The van der Waals surface area contributed by atoms with Crippen LogP contribution in [0.1, 0.15) is 25.0 Å². The summed E-state index contributed by atoms with van der Waals surface area (Å²) in [5, 5.41) is 2.99. The number of hydrogen-bond acceptors (Lipinski definition) is 6. The normalized spacial score (nSPS) is 14.2. The Hall–Kier alpha value is -2.84. The number of benzene rings is 1. The summed E-state index contributed by atoms with van der Waals surface area (Å²) in [6, 6.07) is 13.2. The summed E-state index contributed by atoms with van der Waals surface area (Å²) in [6.45, 7) is 3.51. The van der Waals surface area contributed by atoms with Crippen molar-refractivity contribution in [2.24, 2.45) is 0 Å². The average molecular weight is 466 g/mol. The predicted molar refractivity (Wildman–Crippen MR) is 129 cm³/mol. The molecule has 0 radical (unpaired) electrons. The van der Waals surface area contributed by atoms with E-state index in [2.05, 4.69) is 0 Å². The van der Waals surface area contributed by atoms with Crippen LogP contribution in [0.3, 0.4) is 0 Å². The minimum Gasteiger partial charge on any atom is -0.461 e. The highest BCUT2D eigenvalue weighted by molar-refractivity contribution is 7.99. The van der Waals surface area contributed by atoms with Crippen LogP contribution in [0.15, 0.2) is 62.2 Å². The van der Waals surface area contributed by atoms with Crippen molar-refractivity contribution >= 4 is 39.2 Å². The molecule has 1 fully saturated rings. The van der Waals surface area contributed by atoms with E-state index in [1.165, 1.54) is 29.5 Å². The van der Waals surface area contributed by atoms with Crippen LogP contribution in [0.25, 0.3) is 27.2 Å². The third kappa shape index (κ3) is 4.00. The molecule has 1 amide bonds. The van der Waals surface area contributed by atoms with Crippen LogP contribution >= 0.6 is 23.1 Å². The minimum absolute atomic E-state index is 0.0987. The number of amides is 1. The Labute approximate surface area is 193 Å². The number of thioether (sulfide) groups is 1. The SMILES string of the molecule is Cc1ccc(-c2csc3nc(SCC(=O)N4CCCCC4)n(-c4ccccc4)c(=O)c23)o1. The number of para-hydroxylation sites is 1. The van der Waals surface area contributed by atoms with E-state index in [0.29, 0.717) is 21.1 Å². The maximum atomic E-state index is 13.7. The molecule has 5 rings (SSSR count). The van der Waals surface area contributed by atoms with E-state index in [0.717, 1.165) is 42.9 Å². The van der Waals surface area contributed by atoms with E-state index >= 15 is 0 Å². The van der Waals surface area contributed by atoms with E-state index in [9.17, 15) is 9.59 Å². The number of piperidine rings is 1. The minimum atomic E-state index is -0.153. The number of aryl methyl sites for hydroxylation is 1. The smallest absolute Gasteiger partial charge is 0.268 e. The van der Waals surface area contributed by atoms with Gasteiger partial charge in [-0.05, 0) is 50.5 Å². The zero-order chi connectivity index (χ0) is 22.1. The van der Waals surface area contributed by atoms with Crippen LogP contribution in [0.4, 0.5) is 0 Å². The number of carbonyl (C=O) groups excluding carboxylic acids is 1. The lowest BCUT2D eigenvalue weighted by atomic mass is 10.1. The molecule has 0 N–H and O–H groups in total. The standard InChI is InChI=1S/C24H23N3O3S2/c1-16-10-11-19(30-16)18-14-31-22-21(18)23(29)27(17-8-4-2-5-9-17)24(25-22)32-15-20(28)26-12-6-3-7-13-26/h2,4-5,8-11,14H,3,6-7,12-13,15H2,1H3. The molecule has 1 saturated heterocycles. The van der Waals surface area contributed by atoms with Gasteiger partial charge in [0.25, 0.3) is 5.56 Å². The van der Waals surface area contributed by atoms with Crippen LogP contribution in [0, 0.1) is 6.92 Å². The molecule has 1 aromatic carbocycles. The molecule has 0 spiro atoms. The van der Waals surface area contributed by atoms with Gasteiger partial charge < -0.3 is 9.32 Å². The molecule has 8 heteroatoms.